The highest BCUT2D eigenvalue weighted by Gasteiger charge is 2.18. The van der Waals surface area contributed by atoms with Gasteiger partial charge in [0.05, 0.1) is 5.54 Å². The molecule has 0 saturated heterocycles. The Bertz CT molecular complexity index is 336. The number of aromatic nitrogens is 2. The Morgan fingerprint density at radius 2 is 2.08 bits per heavy atom. The van der Waals surface area contributed by atoms with Crippen LogP contribution in [-0.4, -0.2) is 15.0 Å². The third-order valence-electron chi connectivity index (χ3n) is 1.72. The van der Waals surface area contributed by atoms with E-state index >= 15 is 0 Å². The molecule has 0 spiro atoms. The van der Waals surface area contributed by atoms with Gasteiger partial charge in [-0.1, -0.05) is 0 Å². The lowest BCUT2D eigenvalue weighted by Crippen LogP contribution is -2.24. The van der Waals surface area contributed by atoms with E-state index in [0.29, 0.717) is 5.69 Å². The predicted octanol–water partition coefficient (Wildman–Crippen LogP) is 2.33. The molecule has 0 aromatic carbocycles. The van der Waals surface area contributed by atoms with E-state index in [0.717, 1.165) is 5.69 Å². The van der Waals surface area contributed by atoms with Crippen molar-refractivity contribution in [2.75, 3.05) is 0 Å². The van der Waals surface area contributed by atoms with Crippen molar-refractivity contribution in [2.45, 2.75) is 33.2 Å². The maximum absolute atomic E-state index is 10.8. The van der Waals surface area contributed by atoms with Gasteiger partial charge in [-0.25, -0.2) is 0 Å². The van der Waals surface area contributed by atoms with Crippen molar-refractivity contribution < 1.29 is 4.79 Å². The molecule has 0 aliphatic rings. The van der Waals surface area contributed by atoms with Crippen LogP contribution in [0, 0.1) is 6.92 Å². The van der Waals surface area contributed by atoms with Gasteiger partial charge in [-0.2, -0.15) is 5.10 Å². The molecule has 0 unspecified atom stereocenters. The molecule has 0 amide bonds. The summed E-state index contributed by atoms with van der Waals surface area (Å²) in [5.41, 5.74) is 1.14. The lowest BCUT2D eigenvalue weighted by atomic mass is 10.1. The molecule has 3 nitrogen and oxygen atoms in total. The van der Waals surface area contributed by atoms with Crippen LogP contribution in [0.3, 0.4) is 0 Å². The van der Waals surface area contributed by atoms with Crippen LogP contribution in [0.5, 0.6) is 0 Å². The molecule has 0 aliphatic heterocycles. The Balaban J connectivity index is 3.18. The summed E-state index contributed by atoms with van der Waals surface area (Å²) in [5, 5.41) is 3.61. The molecule has 72 valence electrons. The summed E-state index contributed by atoms with van der Waals surface area (Å²) in [6.45, 7) is 7.97. The van der Waals surface area contributed by atoms with Gasteiger partial charge in [0.25, 0.3) is 5.24 Å². The number of nitrogens with zero attached hydrogens (tertiary/aromatic N) is 2. The first-order chi connectivity index (χ1) is 5.82. The zero-order valence-electron chi connectivity index (χ0n) is 8.26. The molecule has 0 radical (unpaired) electrons. The van der Waals surface area contributed by atoms with Gasteiger partial charge >= 0.3 is 0 Å². The molecule has 1 aromatic rings. The van der Waals surface area contributed by atoms with Crippen molar-refractivity contribution in [3.05, 3.63) is 17.5 Å². The Labute approximate surface area is 82.7 Å². The van der Waals surface area contributed by atoms with Crippen molar-refractivity contribution >= 4 is 16.8 Å². The maximum atomic E-state index is 10.8. The quantitative estimate of drug-likeness (QED) is 0.653. The van der Waals surface area contributed by atoms with Crippen LogP contribution >= 0.6 is 11.6 Å². The number of hydrogen-bond acceptors (Lipinski definition) is 2. The Morgan fingerprint density at radius 1 is 1.54 bits per heavy atom. The average molecular weight is 201 g/mol. The molecule has 0 saturated carbocycles. The number of halogens is 1. The van der Waals surface area contributed by atoms with Crippen molar-refractivity contribution in [1.29, 1.82) is 0 Å². The Hall–Kier alpha value is -0.830. The van der Waals surface area contributed by atoms with Gasteiger partial charge in [-0.05, 0) is 45.4 Å². The van der Waals surface area contributed by atoms with Crippen molar-refractivity contribution in [3.8, 4) is 0 Å². The van der Waals surface area contributed by atoms with E-state index in [-0.39, 0.29) is 5.54 Å². The molecule has 13 heavy (non-hydrogen) atoms. The van der Waals surface area contributed by atoms with E-state index < -0.39 is 5.24 Å². The molecule has 0 fully saturated rings. The Morgan fingerprint density at radius 3 is 2.31 bits per heavy atom. The van der Waals surface area contributed by atoms with E-state index in [1.807, 2.05) is 27.7 Å². The summed E-state index contributed by atoms with van der Waals surface area (Å²) in [6.07, 6.45) is 0. The van der Waals surface area contributed by atoms with Crippen LogP contribution in [0.4, 0.5) is 0 Å². The van der Waals surface area contributed by atoms with E-state index in [9.17, 15) is 4.79 Å². The first-order valence-electron chi connectivity index (χ1n) is 4.09. The van der Waals surface area contributed by atoms with Gasteiger partial charge in [0.1, 0.15) is 5.69 Å². The second-order valence-electron chi connectivity index (χ2n) is 4.03. The molecule has 1 heterocycles. The summed E-state index contributed by atoms with van der Waals surface area (Å²) in [7, 11) is 0. The normalized spacial score (nSPS) is 11.8. The fraction of sp³-hybridized carbons (Fsp3) is 0.556. The number of hydrogen-bond donors (Lipinski definition) is 0. The fourth-order valence-corrected chi connectivity index (χ4v) is 1.34. The molecule has 0 bridgehead atoms. The first kappa shape index (κ1) is 10.3. The van der Waals surface area contributed by atoms with Gasteiger partial charge in [-0.15, -0.1) is 0 Å². The van der Waals surface area contributed by atoms with Gasteiger partial charge in [-0.3, -0.25) is 9.48 Å². The molecular weight excluding hydrogens is 188 g/mol. The number of aryl methyl sites for hydroxylation is 1. The van der Waals surface area contributed by atoms with Gasteiger partial charge in [0.2, 0.25) is 0 Å². The molecule has 4 heteroatoms. The van der Waals surface area contributed by atoms with E-state index in [1.54, 1.807) is 10.7 Å². The Kier molecular flexibility index (Phi) is 2.48. The highest BCUT2D eigenvalue weighted by Crippen LogP contribution is 2.17. The average Bonchev–Trinajstić information content (AvgIpc) is 2.29. The first-order valence-corrected chi connectivity index (χ1v) is 4.47. The minimum Gasteiger partial charge on any atom is -0.274 e. The van der Waals surface area contributed by atoms with Crippen molar-refractivity contribution in [1.82, 2.24) is 9.78 Å². The van der Waals surface area contributed by atoms with Gasteiger partial charge in [0.15, 0.2) is 0 Å². The number of carbonyl (C=O) groups excluding carboxylic acids is 1. The van der Waals surface area contributed by atoms with Crippen LogP contribution in [0.2, 0.25) is 0 Å². The highest BCUT2D eigenvalue weighted by molar-refractivity contribution is 6.67. The second-order valence-corrected chi connectivity index (χ2v) is 4.37. The summed E-state index contributed by atoms with van der Waals surface area (Å²) in [5.74, 6) is 0. The highest BCUT2D eigenvalue weighted by atomic mass is 35.5. The minimum atomic E-state index is -0.508. The SMILES string of the molecule is Cc1cc(C(=O)Cl)nn1C(C)(C)C. The third kappa shape index (κ3) is 2.10. The lowest BCUT2D eigenvalue weighted by molar-refractivity contribution is 0.107. The van der Waals surface area contributed by atoms with Crippen molar-refractivity contribution in [3.63, 3.8) is 0 Å². The summed E-state index contributed by atoms with van der Waals surface area (Å²) in [4.78, 5) is 10.8. The topological polar surface area (TPSA) is 34.9 Å². The number of carbonyl (C=O) groups is 1. The fourth-order valence-electron chi connectivity index (χ4n) is 1.25. The largest absolute Gasteiger partial charge is 0.274 e. The minimum absolute atomic E-state index is 0.116. The van der Waals surface area contributed by atoms with E-state index in [1.165, 1.54) is 0 Å². The van der Waals surface area contributed by atoms with E-state index in [4.69, 9.17) is 11.6 Å². The molecule has 1 aromatic heterocycles. The summed E-state index contributed by atoms with van der Waals surface area (Å²) in [6, 6.07) is 1.70. The molecule has 0 N–H and O–H groups in total. The molecule has 1 rings (SSSR count). The lowest BCUT2D eigenvalue weighted by Gasteiger charge is -2.20. The molecule has 0 aliphatic carbocycles. The second kappa shape index (κ2) is 3.14. The van der Waals surface area contributed by atoms with Gasteiger partial charge < -0.3 is 0 Å². The standard InChI is InChI=1S/C9H13ClN2O/c1-6-5-7(8(10)13)11-12(6)9(2,3)4/h5H,1-4H3. The van der Waals surface area contributed by atoms with Crippen LogP contribution in [-0.2, 0) is 5.54 Å². The van der Waals surface area contributed by atoms with Crippen LogP contribution in [0.1, 0.15) is 37.0 Å². The van der Waals surface area contributed by atoms with Crippen LogP contribution < -0.4 is 0 Å². The maximum Gasteiger partial charge on any atom is 0.272 e. The summed E-state index contributed by atoms with van der Waals surface area (Å²) >= 11 is 5.32. The van der Waals surface area contributed by atoms with E-state index in [2.05, 4.69) is 5.10 Å². The molecule has 0 atom stereocenters. The van der Waals surface area contributed by atoms with Gasteiger partial charge in [0, 0.05) is 5.69 Å². The number of rotatable bonds is 1. The zero-order chi connectivity index (χ0) is 10.2. The summed E-state index contributed by atoms with van der Waals surface area (Å²) < 4.78 is 1.79. The van der Waals surface area contributed by atoms with Crippen LogP contribution in [0.15, 0.2) is 6.07 Å². The zero-order valence-corrected chi connectivity index (χ0v) is 9.01. The third-order valence-corrected chi connectivity index (χ3v) is 1.92. The monoisotopic (exact) mass is 200 g/mol. The molecular formula is C9H13ClN2O. The smallest absolute Gasteiger partial charge is 0.272 e. The predicted molar refractivity (Wildman–Crippen MR) is 52.1 cm³/mol. The van der Waals surface area contributed by atoms with Crippen LogP contribution in [0.25, 0.3) is 0 Å². The van der Waals surface area contributed by atoms with Crippen molar-refractivity contribution in [2.24, 2.45) is 0 Å².